The van der Waals surface area contributed by atoms with Gasteiger partial charge in [-0.25, -0.2) is 4.57 Å². The average molecular weight is 910 g/mol. The number of esters is 1. The Balaban J connectivity index is 4.07. The van der Waals surface area contributed by atoms with Gasteiger partial charge in [-0.2, -0.15) is 0 Å². The summed E-state index contributed by atoms with van der Waals surface area (Å²) in [5.74, 6) is -0.351. The summed E-state index contributed by atoms with van der Waals surface area (Å²) in [6, 6.07) is 0. The number of hydrogen-bond donors (Lipinski definition) is 2. The first-order valence-corrected chi connectivity index (χ1v) is 26.5. The van der Waals surface area contributed by atoms with Crippen LogP contribution >= 0.6 is 7.82 Å². The van der Waals surface area contributed by atoms with Gasteiger partial charge in [-0.3, -0.25) is 13.8 Å². The van der Waals surface area contributed by atoms with E-state index >= 15 is 0 Å². The largest absolute Gasteiger partial charge is 0.472 e. The molecule has 8 nitrogen and oxygen atoms in total. The minimum atomic E-state index is -4.30. The number of ether oxygens (including phenoxy) is 2. The lowest BCUT2D eigenvalue weighted by atomic mass is 10.1. The fourth-order valence-electron chi connectivity index (χ4n) is 6.28. The van der Waals surface area contributed by atoms with Crippen LogP contribution in [0.4, 0.5) is 0 Å². The van der Waals surface area contributed by atoms with Crippen molar-refractivity contribution in [3.8, 4) is 0 Å². The molecule has 0 aromatic rings. The van der Waals surface area contributed by atoms with Gasteiger partial charge >= 0.3 is 13.8 Å². The zero-order valence-corrected chi connectivity index (χ0v) is 41.4. The molecule has 9 heteroatoms. The number of unbranched alkanes of at least 4 members (excludes halogenated alkanes) is 13. The highest BCUT2D eigenvalue weighted by molar-refractivity contribution is 7.47. The Morgan fingerprint density at radius 1 is 0.469 bits per heavy atom. The lowest BCUT2D eigenvalue weighted by Crippen LogP contribution is -2.28. The number of allylic oxidation sites excluding steroid dienone is 20. The first-order chi connectivity index (χ1) is 31.4. The maximum Gasteiger partial charge on any atom is 0.472 e. The van der Waals surface area contributed by atoms with Crippen molar-refractivity contribution in [3.63, 3.8) is 0 Å². The van der Waals surface area contributed by atoms with Crippen LogP contribution < -0.4 is 5.73 Å². The Bertz CT molecular complexity index is 1390. The van der Waals surface area contributed by atoms with Crippen molar-refractivity contribution < 1.29 is 32.8 Å². The number of phosphoric acid groups is 1. The van der Waals surface area contributed by atoms with Crippen molar-refractivity contribution in [1.29, 1.82) is 0 Å². The number of phosphoric ester groups is 1. The molecule has 0 bridgehead atoms. The number of nitrogens with two attached hydrogens (primary N) is 1. The summed E-state index contributed by atoms with van der Waals surface area (Å²) in [4.78, 5) is 22.6. The van der Waals surface area contributed by atoms with Crippen LogP contribution in [0.25, 0.3) is 0 Å². The second-order valence-corrected chi connectivity index (χ2v) is 17.4. The van der Waals surface area contributed by atoms with Crippen LogP contribution in [0.15, 0.2) is 122 Å². The van der Waals surface area contributed by atoms with Crippen molar-refractivity contribution in [2.45, 2.75) is 187 Å². The third-order valence-electron chi connectivity index (χ3n) is 9.87. The summed E-state index contributed by atoms with van der Waals surface area (Å²) in [6.07, 6.45) is 70.8. The van der Waals surface area contributed by atoms with E-state index in [-0.39, 0.29) is 32.3 Å². The predicted molar refractivity (Wildman–Crippen MR) is 274 cm³/mol. The average Bonchev–Trinajstić information content (AvgIpc) is 3.29. The Kier molecular flexibility index (Phi) is 48.4. The molecule has 0 fully saturated rings. The molecule has 0 amide bonds. The monoisotopic (exact) mass is 910 g/mol. The maximum atomic E-state index is 12.7. The molecule has 0 aliphatic heterocycles. The summed E-state index contributed by atoms with van der Waals surface area (Å²) in [5, 5.41) is 0. The van der Waals surface area contributed by atoms with Gasteiger partial charge in [-0.05, 0) is 103 Å². The first kappa shape index (κ1) is 60.9. The lowest BCUT2D eigenvalue weighted by molar-refractivity contribution is -0.154. The quantitative estimate of drug-likeness (QED) is 0.0268. The van der Waals surface area contributed by atoms with Gasteiger partial charge < -0.3 is 20.1 Å². The minimum Gasteiger partial charge on any atom is -0.457 e. The molecule has 0 aromatic heterocycles. The van der Waals surface area contributed by atoms with Crippen molar-refractivity contribution in [2.75, 3.05) is 33.0 Å². The number of hydrogen-bond acceptors (Lipinski definition) is 7. The van der Waals surface area contributed by atoms with Crippen LogP contribution in [0.1, 0.15) is 181 Å². The number of rotatable bonds is 46. The van der Waals surface area contributed by atoms with Gasteiger partial charge in [-0.1, -0.05) is 193 Å². The zero-order valence-electron chi connectivity index (χ0n) is 40.5. The summed E-state index contributed by atoms with van der Waals surface area (Å²) in [5.41, 5.74) is 5.39. The molecule has 3 N–H and O–H groups in total. The Hall–Kier alpha value is -3.10. The standard InChI is InChI=1S/C55H92NO7P/c1-3-5-7-9-11-13-15-17-19-21-23-25-26-27-29-31-33-35-37-39-41-43-45-47-50-60-52-54(53-62-64(58,59)61-51-49-56)63-55(57)48-46-44-42-40-38-36-34-32-30-28-24-22-20-18-16-14-12-10-8-6-4-2/h5-8,11-14,17-20,23-25,27-29,33,35,54H,3-4,9-10,15-16,21-22,26,30-32,34,36-53,56H2,1-2H3,(H,58,59)/b7-5-,8-6-,13-11-,14-12-,19-17-,20-18-,25-23-,28-24-,29-27-,35-33-. The number of carbonyl (C=O) groups excluding carboxylic acids is 1. The normalized spacial score (nSPS) is 14.4. The van der Waals surface area contributed by atoms with E-state index in [1.807, 2.05) is 0 Å². The van der Waals surface area contributed by atoms with E-state index < -0.39 is 13.9 Å². The number of carbonyl (C=O) groups is 1. The van der Waals surface area contributed by atoms with Crippen molar-refractivity contribution >= 4 is 13.8 Å². The van der Waals surface area contributed by atoms with Gasteiger partial charge in [0.2, 0.25) is 0 Å². The van der Waals surface area contributed by atoms with E-state index in [1.54, 1.807) is 0 Å². The van der Waals surface area contributed by atoms with Gasteiger partial charge in [-0.15, -0.1) is 0 Å². The van der Waals surface area contributed by atoms with Gasteiger partial charge in [0.15, 0.2) is 0 Å². The summed E-state index contributed by atoms with van der Waals surface area (Å²) in [6.45, 7) is 4.61. The van der Waals surface area contributed by atoms with Crippen LogP contribution in [0, 0.1) is 0 Å². The van der Waals surface area contributed by atoms with Crippen molar-refractivity contribution in [3.05, 3.63) is 122 Å². The van der Waals surface area contributed by atoms with E-state index in [9.17, 15) is 14.3 Å². The van der Waals surface area contributed by atoms with Crippen molar-refractivity contribution in [1.82, 2.24) is 0 Å². The molecule has 0 saturated carbocycles. The Labute approximate surface area is 392 Å². The molecule has 0 spiro atoms. The molecule has 0 saturated heterocycles. The van der Waals surface area contributed by atoms with Gasteiger partial charge in [0.25, 0.3) is 0 Å². The molecule has 0 aliphatic carbocycles. The van der Waals surface area contributed by atoms with Gasteiger partial charge in [0, 0.05) is 19.6 Å². The highest BCUT2D eigenvalue weighted by Crippen LogP contribution is 2.43. The second-order valence-electron chi connectivity index (χ2n) is 15.9. The topological polar surface area (TPSA) is 117 Å². The summed E-state index contributed by atoms with van der Waals surface area (Å²) in [7, 11) is -4.30. The minimum absolute atomic E-state index is 0.0879. The maximum absolute atomic E-state index is 12.7. The Morgan fingerprint density at radius 2 is 0.828 bits per heavy atom. The highest BCUT2D eigenvalue weighted by Gasteiger charge is 2.25. The fraction of sp³-hybridized carbons (Fsp3) is 0.618. The molecular weight excluding hydrogens is 818 g/mol. The zero-order chi connectivity index (χ0) is 46.5. The van der Waals surface area contributed by atoms with Crippen molar-refractivity contribution in [2.24, 2.45) is 5.73 Å². The fourth-order valence-corrected chi connectivity index (χ4v) is 7.05. The van der Waals surface area contributed by atoms with E-state index in [2.05, 4.69) is 135 Å². The van der Waals surface area contributed by atoms with Crippen LogP contribution in [-0.2, 0) is 27.9 Å². The molecule has 0 aromatic carbocycles. The molecule has 64 heavy (non-hydrogen) atoms. The van der Waals surface area contributed by atoms with E-state index in [0.29, 0.717) is 13.0 Å². The molecule has 0 aliphatic rings. The summed E-state index contributed by atoms with van der Waals surface area (Å²) < 4.78 is 33.6. The van der Waals surface area contributed by atoms with Crippen LogP contribution in [0.5, 0.6) is 0 Å². The van der Waals surface area contributed by atoms with E-state index in [4.69, 9.17) is 24.3 Å². The summed E-state index contributed by atoms with van der Waals surface area (Å²) >= 11 is 0. The van der Waals surface area contributed by atoms with Gasteiger partial charge in [0.1, 0.15) is 6.10 Å². The SMILES string of the molecule is CC/C=C\C/C=C\C/C=C\C/C=C\C/C=C\C/C=C\CCCCCCCOCC(COP(=O)(O)OCCN)OC(=O)CCCCCCCCCC/C=C\C/C=C\C/C=C\C/C=C\CC. The lowest BCUT2D eigenvalue weighted by Gasteiger charge is -2.20. The van der Waals surface area contributed by atoms with E-state index in [0.717, 1.165) is 116 Å². The molecule has 0 heterocycles. The van der Waals surface area contributed by atoms with Crippen LogP contribution in [0.3, 0.4) is 0 Å². The smallest absolute Gasteiger partial charge is 0.457 e. The second kappa shape index (κ2) is 50.9. The first-order valence-electron chi connectivity index (χ1n) is 25.0. The molecular formula is C55H92NO7P. The molecule has 2 unspecified atom stereocenters. The molecule has 0 rings (SSSR count). The van der Waals surface area contributed by atoms with E-state index in [1.165, 1.54) is 44.9 Å². The molecule has 2 atom stereocenters. The molecule has 0 radical (unpaired) electrons. The third-order valence-corrected chi connectivity index (χ3v) is 10.9. The highest BCUT2D eigenvalue weighted by atomic mass is 31.2. The third kappa shape index (κ3) is 49.9. The van der Waals surface area contributed by atoms with Crippen LogP contribution in [-0.4, -0.2) is 49.9 Å². The van der Waals surface area contributed by atoms with Crippen LogP contribution in [0.2, 0.25) is 0 Å². The Morgan fingerprint density at radius 3 is 1.23 bits per heavy atom. The van der Waals surface area contributed by atoms with Gasteiger partial charge in [0.05, 0.1) is 19.8 Å². The molecule has 364 valence electrons. The predicted octanol–water partition coefficient (Wildman–Crippen LogP) is 15.8.